The predicted molar refractivity (Wildman–Crippen MR) is 155 cm³/mol. The minimum atomic E-state index is 0.656. The van der Waals surface area contributed by atoms with Crippen LogP contribution in [0, 0.1) is 19.8 Å². The number of aryl methyl sites for hydroxylation is 2. The SMILES string of the molecule is CCC[N+]1(CC2CC2)C(Cc2cccnc2)=Nc2cnc3cc(-c4c(C)o[n+](C)c4C)c(CCOC)cc3c21. The average molecular weight is 526 g/mol. The third-order valence-electron chi connectivity index (χ3n) is 8.48. The van der Waals surface area contributed by atoms with Crippen LogP contribution in [0.3, 0.4) is 0 Å². The van der Waals surface area contributed by atoms with Crippen LogP contribution < -0.4 is 9.22 Å². The molecule has 1 atom stereocenters. The fourth-order valence-electron chi connectivity index (χ4n) is 6.45. The van der Waals surface area contributed by atoms with Crippen molar-refractivity contribution in [3.63, 3.8) is 0 Å². The lowest BCUT2D eigenvalue weighted by molar-refractivity contribution is -0.850. The predicted octanol–water partition coefficient (Wildman–Crippen LogP) is 5.93. The lowest BCUT2D eigenvalue weighted by Crippen LogP contribution is -2.55. The molecule has 1 aliphatic heterocycles. The Balaban J connectivity index is 1.56. The molecule has 0 spiro atoms. The Morgan fingerprint density at radius 3 is 2.69 bits per heavy atom. The van der Waals surface area contributed by atoms with Gasteiger partial charge in [0, 0.05) is 39.3 Å². The monoisotopic (exact) mass is 525 g/mol. The zero-order valence-corrected chi connectivity index (χ0v) is 23.8. The van der Waals surface area contributed by atoms with Gasteiger partial charge in [-0.1, -0.05) is 13.0 Å². The Hall–Kier alpha value is -3.42. The maximum atomic E-state index is 5.97. The van der Waals surface area contributed by atoms with Crippen LogP contribution in [0.15, 0.2) is 52.4 Å². The van der Waals surface area contributed by atoms with E-state index in [2.05, 4.69) is 37.0 Å². The van der Waals surface area contributed by atoms with Gasteiger partial charge in [-0.2, -0.15) is 4.99 Å². The molecule has 4 heterocycles. The number of pyridine rings is 2. The maximum Gasteiger partial charge on any atom is 0.236 e. The Labute approximate surface area is 230 Å². The summed E-state index contributed by atoms with van der Waals surface area (Å²) in [5.74, 6) is 2.88. The summed E-state index contributed by atoms with van der Waals surface area (Å²) < 4.78 is 14.2. The maximum absolute atomic E-state index is 5.97. The smallest absolute Gasteiger partial charge is 0.236 e. The number of fused-ring (bicyclic) bond motifs is 3. The van der Waals surface area contributed by atoms with Crippen LogP contribution in [0.1, 0.15) is 48.8 Å². The molecule has 202 valence electrons. The van der Waals surface area contributed by atoms with Gasteiger partial charge in [-0.3, -0.25) is 9.97 Å². The first kappa shape index (κ1) is 25.8. The van der Waals surface area contributed by atoms with Crippen LogP contribution in [0.2, 0.25) is 0 Å². The van der Waals surface area contributed by atoms with Crippen molar-refractivity contribution in [1.29, 1.82) is 0 Å². The van der Waals surface area contributed by atoms with E-state index in [4.69, 9.17) is 19.2 Å². The summed E-state index contributed by atoms with van der Waals surface area (Å²) in [5.41, 5.74) is 9.25. The Morgan fingerprint density at radius 2 is 2.03 bits per heavy atom. The number of benzene rings is 1. The third-order valence-corrected chi connectivity index (χ3v) is 8.48. The van der Waals surface area contributed by atoms with E-state index >= 15 is 0 Å². The fourth-order valence-corrected chi connectivity index (χ4v) is 6.45. The third kappa shape index (κ3) is 4.57. The second-order valence-electron chi connectivity index (χ2n) is 11.3. The first-order chi connectivity index (χ1) is 18.9. The van der Waals surface area contributed by atoms with Gasteiger partial charge >= 0.3 is 0 Å². The van der Waals surface area contributed by atoms with Crippen molar-refractivity contribution < 1.29 is 14.0 Å². The molecule has 4 aromatic rings. The summed E-state index contributed by atoms with van der Waals surface area (Å²) in [7, 11) is 3.73. The van der Waals surface area contributed by atoms with Crippen LogP contribution in [0.4, 0.5) is 11.4 Å². The van der Waals surface area contributed by atoms with E-state index in [1.807, 2.05) is 43.4 Å². The molecule has 1 fully saturated rings. The van der Waals surface area contributed by atoms with Gasteiger partial charge in [0.1, 0.15) is 5.69 Å². The lowest BCUT2D eigenvalue weighted by Gasteiger charge is -2.36. The number of rotatable bonds is 10. The van der Waals surface area contributed by atoms with Crippen LogP contribution >= 0.6 is 0 Å². The second-order valence-corrected chi connectivity index (χ2v) is 11.3. The van der Waals surface area contributed by atoms with Crippen molar-refractivity contribution in [3.8, 4) is 11.1 Å². The first-order valence-electron chi connectivity index (χ1n) is 14.2. The van der Waals surface area contributed by atoms with Gasteiger partial charge in [-0.05, 0) is 65.3 Å². The molecule has 3 aromatic heterocycles. The Morgan fingerprint density at radius 1 is 1.18 bits per heavy atom. The Kier molecular flexibility index (Phi) is 6.81. The van der Waals surface area contributed by atoms with Crippen LogP contribution in [-0.4, -0.2) is 42.6 Å². The molecule has 1 saturated carbocycles. The van der Waals surface area contributed by atoms with Gasteiger partial charge in [-0.25, -0.2) is 9.01 Å². The highest BCUT2D eigenvalue weighted by Crippen LogP contribution is 2.49. The van der Waals surface area contributed by atoms with E-state index in [9.17, 15) is 0 Å². The molecule has 6 rings (SSSR count). The van der Waals surface area contributed by atoms with Crippen molar-refractivity contribution in [3.05, 3.63) is 65.4 Å². The molecule has 1 unspecified atom stereocenters. The van der Waals surface area contributed by atoms with E-state index in [1.54, 1.807) is 7.11 Å². The fraction of sp³-hybridized carbons (Fsp3) is 0.438. The standard InChI is InChI=1S/C32H39N5O2/c1-6-13-37(20-23-9-10-23)30(15-24-8-7-12-33-18-24)35-29-19-34-28-17-26(31-21(2)36(4)39-22(31)3)25(11-14-38-5)16-27(28)32(29)37/h7-8,12,16-19,23H,6,9-11,13-15,20H2,1-5H3/q+2. The molecule has 2 aliphatic rings. The first-order valence-corrected chi connectivity index (χ1v) is 14.2. The molecule has 0 N–H and O–H groups in total. The second kappa shape index (κ2) is 10.3. The van der Waals surface area contributed by atoms with Gasteiger partial charge in [0.15, 0.2) is 18.5 Å². The highest BCUT2D eigenvalue weighted by atomic mass is 16.5. The van der Waals surface area contributed by atoms with Crippen LogP contribution in [-0.2, 0) is 24.6 Å². The van der Waals surface area contributed by atoms with E-state index in [-0.39, 0.29) is 0 Å². The van der Waals surface area contributed by atoms with E-state index < -0.39 is 0 Å². The average Bonchev–Trinajstić information content (AvgIpc) is 3.64. The summed E-state index contributed by atoms with van der Waals surface area (Å²) in [5, 5.41) is 1.21. The van der Waals surface area contributed by atoms with Gasteiger partial charge in [0.05, 0.1) is 48.8 Å². The van der Waals surface area contributed by atoms with Crippen LogP contribution in [0.5, 0.6) is 0 Å². The van der Waals surface area contributed by atoms with Gasteiger partial charge in [0.25, 0.3) is 0 Å². The molecule has 7 nitrogen and oxygen atoms in total. The minimum absolute atomic E-state index is 0.656. The zero-order chi connectivity index (χ0) is 27.1. The number of nitrogens with zero attached hydrogens (tertiary/aromatic N) is 5. The number of aliphatic imine (C=N–C) groups is 1. The van der Waals surface area contributed by atoms with Crippen molar-refractivity contribution in [1.82, 2.24) is 14.5 Å². The van der Waals surface area contributed by atoms with Crippen molar-refractivity contribution in [2.45, 2.75) is 52.9 Å². The van der Waals surface area contributed by atoms with Gasteiger partial charge < -0.3 is 4.74 Å². The molecule has 0 radical (unpaired) electrons. The number of quaternary nitrogens is 1. The molecule has 1 aromatic carbocycles. The lowest BCUT2D eigenvalue weighted by atomic mass is 9.93. The van der Waals surface area contributed by atoms with Crippen molar-refractivity contribution in [2.75, 3.05) is 26.8 Å². The number of methoxy groups -OCH3 is 1. The van der Waals surface area contributed by atoms with E-state index in [1.165, 1.54) is 46.4 Å². The molecule has 0 saturated heterocycles. The molecule has 0 amide bonds. The van der Waals surface area contributed by atoms with Crippen molar-refractivity contribution >= 4 is 28.1 Å². The number of amidine groups is 1. The highest BCUT2D eigenvalue weighted by molar-refractivity contribution is 6.11. The topological polar surface area (TPSA) is 64.4 Å². The largest absolute Gasteiger partial charge is 0.384 e. The van der Waals surface area contributed by atoms with Crippen LogP contribution in [0.25, 0.3) is 22.0 Å². The summed E-state index contributed by atoms with van der Waals surface area (Å²) in [6.45, 7) is 9.24. The highest BCUT2D eigenvalue weighted by Gasteiger charge is 2.48. The molecular weight excluding hydrogens is 486 g/mol. The molecule has 39 heavy (non-hydrogen) atoms. The normalized spacial score (nSPS) is 18.5. The zero-order valence-electron chi connectivity index (χ0n) is 23.8. The molecule has 1 aliphatic carbocycles. The minimum Gasteiger partial charge on any atom is -0.384 e. The van der Waals surface area contributed by atoms with Gasteiger partial charge in [-0.15, -0.1) is 0 Å². The quantitative estimate of drug-likeness (QED) is 0.190. The van der Waals surface area contributed by atoms with Crippen molar-refractivity contribution in [2.24, 2.45) is 18.0 Å². The summed E-state index contributed by atoms with van der Waals surface area (Å²) in [6.07, 6.45) is 11.1. The number of hydrogen-bond acceptors (Lipinski definition) is 5. The summed E-state index contributed by atoms with van der Waals surface area (Å²) >= 11 is 0. The molecular formula is C32H39N5O2+2. The number of hydrogen-bond donors (Lipinski definition) is 0. The molecule has 0 bridgehead atoms. The van der Waals surface area contributed by atoms with Gasteiger partial charge in [0.2, 0.25) is 11.5 Å². The Bertz CT molecular complexity index is 1550. The number of ether oxygens (including phenoxy) is 1. The molecule has 7 heteroatoms. The summed E-state index contributed by atoms with van der Waals surface area (Å²) in [6, 6.07) is 8.83. The summed E-state index contributed by atoms with van der Waals surface area (Å²) in [4.78, 5) is 14.7. The number of aromatic nitrogens is 3. The van der Waals surface area contributed by atoms with E-state index in [0.717, 1.165) is 71.0 Å². The van der Waals surface area contributed by atoms with E-state index in [0.29, 0.717) is 6.61 Å².